The minimum absolute atomic E-state index is 1.12. The Morgan fingerprint density at radius 2 is 0.735 bits per heavy atom. The predicted molar refractivity (Wildman–Crippen MR) is 212 cm³/mol. The number of anilines is 3. The topological polar surface area (TPSA) is 3.24 Å². The molecule has 0 radical (unpaired) electrons. The Morgan fingerprint density at radius 1 is 0.265 bits per heavy atom. The zero-order chi connectivity index (χ0) is 32.3. The van der Waals surface area contributed by atoms with Gasteiger partial charge < -0.3 is 4.90 Å². The fraction of sp³-hybridized carbons (Fsp3) is 0. The van der Waals surface area contributed by atoms with Gasteiger partial charge in [-0.15, -0.1) is 0 Å². The van der Waals surface area contributed by atoms with Crippen LogP contribution in [0.3, 0.4) is 0 Å². The summed E-state index contributed by atoms with van der Waals surface area (Å²) in [4.78, 5) is 2.45. The van der Waals surface area contributed by atoms with Gasteiger partial charge >= 0.3 is 0 Å². The van der Waals surface area contributed by atoms with Crippen LogP contribution >= 0.6 is 0 Å². The molecule has 0 aromatic heterocycles. The average Bonchev–Trinajstić information content (AvgIpc) is 3.18. The van der Waals surface area contributed by atoms with E-state index in [4.69, 9.17) is 0 Å². The SMILES string of the molecule is c1ccc2c(-c3ccc(N(c4ccc5c6ccccc6c6ccccc6c5c4)c4cc5ccccc5c5ccccc45)cc3)cccc2c1. The first-order valence-corrected chi connectivity index (χ1v) is 16.9. The van der Waals surface area contributed by atoms with Crippen molar-refractivity contribution in [3.05, 3.63) is 188 Å². The fourth-order valence-corrected chi connectivity index (χ4v) is 7.95. The minimum Gasteiger partial charge on any atom is -0.310 e. The van der Waals surface area contributed by atoms with Crippen molar-refractivity contribution in [2.24, 2.45) is 0 Å². The van der Waals surface area contributed by atoms with Gasteiger partial charge in [0.15, 0.2) is 0 Å². The van der Waals surface area contributed by atoms with Gasteiger partial charge in [0.1, 0.15) is 0 Å². The van der Waals surface area contributed by atoms with Crippen LogP contribution in [-0.4, -0.2) is 0 Å². The van der Waals surface area contributed by atoms with E-state index in [1.807, 2.05) is 0 Å². The molecule has 0 spiro atoms. The van der Waals surface area contributed by atoms with Gasteiger partial charge in [-0.25, -0.2) is 0 Å². The molecule has 0 fully saturated rings. The molecule has 10 rings (SSSR count). The summed E-state index contributed by atoms with van der Waals surface area (Å²) in [5.41, 5.74) is 5.87. The third-order valence-corrected chi connectivity index (χ3v) is 10.2. The molecule has 228 valence electrons. The molecule has 1 nitrogen and oxygen atoms in total. The van der Waals surface area contributed by atoms with Crippen molar-refractivity contribution in [3.63, 3.8) is 0 Å². The highest BCUT2D eigenvalue weighted by Gasteiger charge is 2.19. The molecule has 0 saturated carbocycles. The molecular weight excluding hydrogens is 591 g/mol. The molecule has 49 heavy (non-hydrogen) atoms. The van der Waals surface area contributed by atoms with E-state index in [1.54, 1.807) is 0 Å². The van der Waals surface area contributed by atoms with E-state index in [0.717, 1.165) is 17.1 Å². The van der Waals surface area contributed by atoms with E-state index in [-0.39, 0.29) is 0 Å². The van der Waals surface area contributed by atoms with Crippen LogP contribution in [0.2, 0.25) is 0 Å². The van der Waals surface area contributed by atoms with Gasteiger partial charge in [0.05, 0.1) is 5.69 Å². The maximum atomic E-state index is 2.45. The van der Waals surface area contributed by atoms with E-state index in [9.17, 15) is 0 Å². The van der Waals surface area contributed by atoms with Crippen LogP contribution in [0.15, 0.2) is 188 Å². The lowest BCUT2D eigenvalue weighted by molar-refractivity contribution is 1.31. The van der Waals surface area contributed by atoms with Crippen molar-refractivity contribution in [3.8, 4) is 11.1 Å². The first-order valence-electron chi connectivity index (χ1n) is 16.9. The van der Waals surface area contributed by atoms with Crippen molar-refractivity contribution in [1.82, 2.24) is 0 Å². The van der Waals surface area contributed by atoms with Gasteiger partial charge in [-0.1, -0.05) is 158 Å². The molecule has 0 saturated heterocycles. The molecule has 0 amide bonds. The molecule has 0 bridgehead atoms. The van der Waals surface area contributed by atoms with Gasteiger partial charge in [0, 0.05) is 16.8 Å². The summed E-state index contributed by atoms with van der Waals surface area (Å²) < 4.78 is 0. The van der Waals surface area contributed by atoms with Crippen molar-refractivity contribution < 1.29 is 0 Å². The van der Waals surface area contributed by atoms with E-state index in [1.165, 1.54) is 75.8 Å². The highest BCUT2D eigenvalue weighted by Crippen LogP contribution is 2.45. The molecule has 0 unspecified atom stereocenters. The molecule has 0 heterocycles. The molecular formula is C48H31N. The van der Waals surface area contributed by atoms with Crippen LogP contribution in [0.1, 0.15) is 0 Å². The minimum atomic E-state index is 1.12. The summed E-state index contributed by atoms with van der Waals surface area (Å²) in [6.45, 7) is 0. The Bertz CT molecular complexity index is 2840. The molecule has 1 heteroatoms. The lowest BCUT2D eigenvalue weighted by Gasteiger charge is -2.28. The lowest BCUT2D eigenvalue weighted by Crippen LogP contribution is -2.10. The monoisotopic (exact) mass is 621 g/mol. The standard InChI is InChI=1S/C48H31N/c1-3-15-37-32(12-1)14-11-23-38(37)33-24-26-35(27-25-33)49(48-30-34-13-2-4-16-39(34)40-17-9-10-22-46(40)48)36-28-29-45-43-20-6-5-18-41(43)42-19-7-8-21-44(42)47(45)31-36/h1-31H. The number of rotatable bonds is 4. The Hall–Kier alpha value is -6.44. The van der Waals surface area contributed by atoms with Crippen LogP contribution in [-0.2, 0) is 0 Å². The van der Waals surface area contributed by atoms with Crippen molar-refractivity contribution in [2.75, 3.05) is 4.90 Å². The second-order valence-corrected chi connectivity index (χ2v) is 12.9. The Balaban J connectivity index is 1.24. The molecule has 0 aliphatic heterocycles. The highest BCUT2D eigenvalue weighted by molar-refractivity contribution is 6.26. The van der Waals surface area contributed by atoms with Crippen molar-refractivity contribution in [1.29, 1.82) is 0 Å². The van der Waals surface area contributed by atoms with Crippen molar-refractivity contribution >= 4 is 81.7 Å². The second-order valence-electron chi connectivity index (χ2n) is 12.9. The maximum Gasteiger partial charge on any atom is 0.0546 e. The third-order valence-electron chi connectivity index (χ3n) is 10.2. The summed E-state index contributed by atoms with van der Waals surface area (Å²) in [5.74, 6) is 0. The van der Waals surface area contributed by atoms with Crippen LogP contribution in [0.5, 0.6) is 0 Å². The molecule has 10 aromatic rings. The zero-order valence-corrected chi connectivity index (χ0v) is 26.8. The van der Waals surface area contributed by atoms with Gasteiger partial charge in [-0.05, 0) is 101 Å². The van der Waals surface area contributed by atoms with Crippen LogP contribution in [0.25, 0.3) is 75.8 Å². The summed E-state index contributed by atoms with van der Waals surface area (Å²) in [6.07, 6.45) is 0. The number of hydrogen-bond donors (Lipinski definition) is 0. The summed E-state index contributed by atoms with van der Waals surface area (Å²) in [5, 5.41) is 15.2. The fourth-order valence-electron chi connectivity index (χ4n) is 7.95. The number of benzene rings is 10. The van der Waals surface area contributed by atoms with E-state index in [2.05, 4.69) is 193 Å². The number of hydrogen-bond acceptors (Lipinski definition) is 1. The Kier molecular flexibility index (Phi) is 6.25. The van der Waals surface area contributed by atoms with Crippen LogP contribution < -0.4 is 4.90 Å². The third kappa shape index (κ3) is 4.40. The van der Waals surface area contributed by atoms with Crippen LogP contribution in [0, 0.1) is 0 Å². The Morgan fingerprint density at radius 3 is 1.41 bits per heavy atom. The lowest BCUT2D eigenvalue weighted by atomic mass is 9.93. The molecule has 0 N–H and O–H groups in total. The average molecular weight is 622 g/mol. The van der Waals surface area contributed by atoms with Crippen LogP contribution in [0.4, 0.5) is 17.1 Å². The largest absolute Gasteiger partial charge is 0.310 e. The molecule has 0 aliphatic carbocycles. The van der Waals surface area contributed by atoms with Crippen molar-refractivity contribution in [2.45, 2.75) is 0 Å². The summed E-state index contributed by atoms with van der Waals surface area (Å²) in [7, 11) is 0. The molecule has 0 aliphatic rings. The smallest absolute Gasteiger partial charge is 0.0546 e. The van der Waals surface area contributed by atoms with Gasteiger partial charge in [-0.3, -0.25) is 0 Å². The van der Waals surface area contributed by atoms with E-state index in [0.29, 0.717) is 0 Å². The summed E-state index contributed by atoms with van der Waals surface area (Å²) in [6, 6.07) is 68.9. The number of fused-ring (bicyclic) bond motifs is 10. The van der Waals surface area contributed by atoms with Gasteiger partial charge in [-0.2, -0.15) is 0 Å². The first kappa shape index (κ1) is 27.7. The first-order chi connectivity index (χ1) is 24.3. The quantitative estimate of drug-likeness (QED) is 0.177. The maximum absolute atomic E-state index is 2.45. The Labute approximate surface area is 284 Å². The van der Waals surface area contributed by atoms with E-state index >= 15 is 0 Å². The second kappa shape index (κ2) is 11.1. The molecule has 0 atom stereocenters. The number of nitrogens with zero attached hydrogens (tertiary/aromatic N) is 1. The molecule has 10 aromatic carbocycles. The zero-order valence-electron chi connectivity index (χ0n) is 26.8. The highest BCUT2D eigenvalue weighted by atomic mass is 15.1. The van der Waals surface area contributed by atoms with Gasteiger partial charge in [0.25, 0.3) is 0 Å². The van der Waals surface area contributed by atoms with Gasteiger partial charge in [0.2, 0.25) is 0 Å². The predicted octanol–water partition coefficient (Wildman–Crippen LogP) is 13.7. The van der Waals surface area contributed by atoms with E-state index < -0.39 is 0 Å². The normalized spacial score (nSPS) is 11.7. The summed E-state index contributed by atoms with van der Waals surface area (Å²) >= 11 is 0.